The number of amides is 1. The minimum atomic E-state index is -6.52. The van der Waals surface area contributed by atoms with Gasteiger partial charge in [0, 0.05) is 0 Å². The number of nitrogens with one attached hydrogen (secondary N) is 1. The zero-order chi connectivity index (χ0) is 23.2. The van der Waals surface area contributed by atoms with Crippen molar-refractivity contribution in [1.82, 2.24) is 9.36 Å². The molecule has 0 spiro atoms. The Morgan fingerprint density at radius 2 is 1.87 bits per heavy atom. The van der Waals surface area contributed by atoms with Gasteiger partial charge in [0.15, 0.2) is 5.58 Å². The summed E-state index contributed by atoms with van der Waals surface area (Å²) in [6, 6.07) is 3.35. The van der Waals surface area contributed by atoms with Crippen LogP contribution in [-0.2, 0) is 23.6 Å². The van der Waals surface area contributed by atoms with Gasteiger partial charge in [-0.1, -0.05) is 24.6 Å². The fourth-order valence-corrected chi connectivity index (χ4v) is 3.65. The molecule has 0 unspecified atom stereocenters. The molecule has 168 valence electrons. The Labute approximate surface area is 178 Å². The normalized spacial score (nSPS) is 13.1. The fraction of sp³-hybridized carbons (Fsp3) is 0.353. The molecule has 5 nitrogen and oxygen atoms in total. The molecule has 0 radical (unpaired) electrons. The summed E-state index contributed by atoms with van der Waals surface area (Å²) in [6.45, 7) is 1.82. The van der Waals surface area contributed by atoms with Gasteiger partial charge in [-0.2, -0.15) is 35.1 Å². The maximum atomic E-state index is 13.8. The third-order valence-corrected chi connectivity index (χ3v) is 5.44. The van der Waals surface area contributed by atoms with E-state index in [1.54, 1.807) is 0 Å². The minimum absolute atomic E-state index is 0.215. The first kappa shape index (κ1) is 23.3. The number of aryl methyl sites for hydroxylation is 1. The molecule has 1 aromatic carbocycles. The molecule has 0 atom stereocenters. The number of fused-ring (bicyclic) bond motifs is 1. The summed E-state index contributed by atoms with van der Waals surface area (Å²) in [5.41, 5.74) is -0.0564. The third-order valence-electron chi connectivity index (χ3n) is 4.12. The number of anilines is 1. The molecule has 14 heteroatoms. The number of rotatable bonds is 6. The van der Waals surface area contributed by atoms with Crippen molar-refractivity contribution in [3.05, 3.63) is 40.4 Å². The van der Waals surface area contributed by atoms with Crippen molar-refractivity contribution < 1.29 is 39.9 Å². The maximum Gasteiger partial charge on any atom is 0.460 e. The smallest absolute Gasteiger partial charge is 0.435 e. The summed E-state index contributed by atoms with van der Waals surface area (Å²) >= 11 is 7.03. The largest absolute Gasteiger partial charge is 0.460 e. The molecule has 1 N–H and O–H groups in total. The van der Waals surface area contributed by atoms with Crippen molar-refractivity contribution in [1.29, 1.82) is 0 Å². The highest BCUT2D eigenvalue weighted by atomic mass is 35.5. The van der Waals surface area contributed by atoms with E-state index in [0.717, 1.165) is 23.7 Å². The Balaban J connectivity index is 1.82. The van der Waals surface area contributed by atoms with Crippen LogP contribution in [0.15, 0.2) is 22.6 Å². The zero-order valence-corrected chi connectivity index (χ0v) is 16.9. The first-order valence-corrected chi connectivity index (χ1v) is 9.59. The van der Waals surface area contributed by atoms with Gasteiger partial charge >= 0.3 is 18.0 Å². The van der Waals surface area contributed by atoms with Crippen molar-refractivity contribution in [3.63, 3.8) is 0 Å². The first-order valence-electron chi connectivity index (χ1n) is 8.44. The Morgan fingerprint density at radius 1 is 1.19 bits per heavy atom. The third kappa shape index (κ3) is 4.20. The number of carbonyl (C=O) groups is 1. The molecule has 0 saturated heterocycles. The number of benzene rings is 1. The Morgan fingerprint density at radius 3 is 2.45 bits per heavy atom. The molecule has 2 heterocycles. The van der Waals surface area contributed by atoms with Crippen molar-refractivity contribution in [2.75, 3.05) is 5.32 Å². The monoisotopic (exact) mass is 489 g/mol. The molecule has 0 fully saturated rings. The SMILES string of the molecule is CCc1nsc(NC(=O)Cc2ccc3oc(C(F)(F)C(F)(F)C(F)(F)F)nc3c2)c1Cl. The van der Waals surface area contributed by atoms with E-state index in [1.165, 1.54) is 6.07 Å². The first-order chi connectivity index (χ1) is 14.3. The van der Waals surface area contributed by atoms with Crippen LogP contribution < -0.4 is 5.32 Å². The predicted molar refractivity (Wildman–Crippen MR) is 97.7 cm³/mol. The molecule has 31 heavy (non-hydrogen) atoms. The highest BCUT2D eigenvalue weighted by Gasteiger charge is 2.75. The Bertz CT molecular complexity index is 1130. The number of hydrogen-bond acceptors (Lipinski definition) is 5. The van der Waals surface area contributed by atoms with E-state index in [-0.39, 0.29) is 17.0 Å². The van der Waals surface area contributed by atoms with E-state index in [0.29, 0.717) is 17.1 Å². The molecule has 2 aromatic heterocycles. The van der Waals surface area contributed by atoms with E-state index >= 15 is 0 Å². The van der Waals surface area contributed by atoms with Crippen LogP contribution in [0, 0.1) is 0 Å². The number of oxazole rings is 1. The number of hydrogen-bond donors (Lipinski definition) is 1. The van der Waals surface area contributed by atoms with Crippen LogP contribution in [0.3, 0.4) is 0 Å². The van der Waals surface area contributed by atoms with Gasteiger partial charge in [-0.25, -0.2) is 4.98 Å². The van der Waals surface area contributed by atoms with Crippen LogP contribution in [0.25, 0.3) is 11.1 Å². The van der Waals surface area contributed by atoms with E-state index in [4.69, 9.17) is 11.6 Å². The van der Waals surface area contributed by atoms with E-state index in [1.807, 2.05) is 6.92 Å². The summed E-state index contributed by atoms with van der Waals surface area (Å²) < 4.78 is 99.5. The molecule has 0 aliphatic heterocycles. The number of nitrogens with zero attached hydrogens (tertiary/aromatic N) is 2. The Kier molecular flexibility index (Phi) is 5.95. The van der Waals surface area contributed by atoms with Crippen molar-refractivity contribution in [2.24, 2.45) is 0 Å². The predicted octanol–water partition coefficient (Wildman–Crippen LogP) is 5.97. The molecular formula is C17H11ClF7N3O2S. The molecule has 0 aliphatic carbocycles. The molecular weight excluding hydrogens is 479 g/mol. The number of halogens is 8. The quantitative estimate of drug-likeness (QED) is 0.433. The van der Waals surface area contributed by atoms with Crippen LogP contribution in [0.5, 0.6) is 0 Å². The topological polar surface area (TPSA) is 68.0 Å². The van der Waals surface area contributed by atoms with Crippen LogP contribution in [0.4, 0.5) is 35.7 Å². The second kappa shape index (κ2) is 7.93. The lowest BCUT2D eigenvalue weighted by Crippen LogP contribution is -2.50. The molecule has 0 aliphatic rings. The second-order valence-corrected chi connectivity index (χ2v) is 7.47. The van der Waals surface area contributed by atoms with Crippen LogP contribution in [0.2, 0.25) is 5.02 Å². The summed E-state index contributed by atoms with van der Waals surface area (Å²) in [7, 11) is 0. The van der Waals surface area contributed by atoms with Crippen molar-refractivity contribution >= 4 is 45.1 Å². The van der Waals surface area contributed by atoms with Crippen LogP contribution in [-0.4, -0.2) is 27.4 Å². The highest BCUT2D eigenvalue weighted by molar-refractivity contribution is 7.11. The van der Waals surface area contributed by atoms with Gasteiger partial charge in [0.05, 0.1) is 17.1 Å². The average Bonchev–Trinajstić information content (AvgIpc) is 3.24. The van der Waals surface area contributed by atoms with E-state index in [9.17, 15) is 35.5 Å². The van der Waals surface area contributed by atoms with Crippen molar-refractivity contribution in [2.45, 2.75) is 37.8 Å². The lowest BCUT2D eigenvalue weighted by Gasteiger charge is -2.25. The molecule has 3 rings (SSSR count). The van der Waals surface area contributed by atoms with Gasteiger partial charge in [-0.3, -0.25) is 4.79 Å². The highest BCUT2D eigenvalue weighted by Crippen LogP contribution is 2.51. The van der Waals surface area contributed by atoms with Crippen LogP contribution >= 0.6 is 23.1 Å². The summed E-state index contributed by atoms with van der Waals surface area (Å²) in [6.07, 6.45) is -6.26. The van der Waals surface area contributed by atoms with Gasteiger partial charge in [0.2, 0.25) is 5.91 Å². The van der Waals surface area contributed by atoms with Crippen LogP contribution in [0.1, 0.15) is 24.1 Å². The lowest BCUT2D eigenvalue weighted by atomic mass is 10.1. The number of aromatic nitrogens is 2. The summed E-state index contributed by atoms with van der Waals surface area (Å²) in [5.74, 6) is -14.8. The number of alkyl halides is 7. The second-order valence-electron chi connectivity index (χ2n) is 6.32. The van der Waals surface area contributed by atoms with E-state index in [2.05, 4.69) is 19.1 Å². The summed E-state index contributed by atoms with van der Waals surface area (Å²) in [4.78, 5) is 15.3. The molecule has 0 saturated carbocycles. The van der Waals surface area contributed by atoms with Gasteiger partial charge in [0.25, 0.3) is 5.89 Å². The van der Waals surface area contributed by atoms with Gasteiger partial charge in [0.1, 0.15) is 10.5 Å². The zero-order valence-electron chi connectivity index (χ0n) is 15.3. The Hall–Kier alpha value is -2.41. The standard InChI is InChI=1S/C17H11ClF7N3O2S/c1-2-8-12(18)13(31-28-8)27-11(29)6-7-3-4-10-9(5-7)26-14(30-10)15(19,20)16(21,22)17(23,24)25/h3-5H,2,6H2,1H3,(H,27,29). The average molecular weight is 490 g/mol. The number of carbonyl (C=O) groups excluding carboxylic acids is 1. The summed E-state index contributed by atoms with van der Waals surface area (Å²) in [5, 5.41) is 3.11. The van der Waals surface area contributed by atoms with Crippen molar-refractivity contribution in [3.8, 4) is 0 Å². The van der Waals surface area contributed by atoms with Gasteiger partial charge in [-0.05, 0) is 35.6 Å². The van der Waals surface area contributed by atoms with Gasteiger partial charge < -0.3 is 9.73 Å². The molecule has 1 amide bonds. The minimum Gasteiger partial charge on any atom is -0.435 e. The molecule has 3 aromatic rings. The maximum absolute atomic E-state index is 13.8. The van der Waals surface area contributed by atoms with Gasteiger partial charge in [-0.15, -0.1) is 0 Å². The van der Waals surface area contributed by atoms with E-state index < -0.39 is 40.9 Å². The fourth-order valence-electron chi connectivity index (χ4n) is 2.50. The lowest BCUT2D eigenvalue weighted by molar-refractivity contribution is -0.363. The molecule has 0 bridgehead atoms.